The Kier molecular flexibility index (Phi) is 4.13. The summed E-state index contributed by atoms with van der Waals surface area (Å²) in [5.74, 6) is 0.625. The normalized spacial score (nSPS) is 10.6. The second-order valence-electron chi connectivity index (χ2n) is 2.00. The van der Waals surface area contributed by atoms with Gasteiger partial charge in [0.1, 0.15) is 5.76 Å². The molecule has 0 amide bonds. The van der Waals surface area contributed by atoms with Crippen molar-refractivity contribution < 1.29 is 4.42 Å². The van der Waals surface area contributed by atoms with Gasteiger partial charge in [-0.2, -0.15) is 5.10 Å². The van der Waals surface area contributed by atoms with Crippen LogP contribution >= 0.6 is 50.7 Å². The Morgan fingerprint density at radius 3 is 3.00 bits per heavy atom. The summed E-state index contributed by atoms with van der Waals surface area (Å²) in [4.78, 5) is 0. The maximum absolute atomic E-state index is 5.26. The van der Waals surface area contributed by atoms with Gasteiger partial charge in [-0.25, -0.2) is 0 Å². The molecule has 0 saturated heterocycles. The summed E-state index contributed by atoms with van der Waals surface area (Å²) in [6.45, 7) is 0. The molecular weight excluding hydrogens is 369 g/mol. The highest BCUT2D eigenvalue weighted by Gasteiger charge is 2.02. The number of nitrogens with zero attached hydrogens (tertiary/aromatic N) is 1. The van der Waals surface area contributed by atoms with Crippen molar-refractivity contribution in [3.05, 3.63) is 20.1 Å². The lowest BCUT2D eigenvalue weighted by molar-refractivity contribution is 0.529. The summed E-state index contributed by atoms with van der Waals surface area (Å²) in [7, 11) is 0. The fourth-order valence-corrected chi connectivity index (χ4v) is 1.36. The first-order valence-electron chi connectivity index (χ1n) is 3.13. The molecule has 70 valence electrons. The molecule has 1 heterocycles. The standard InChI is InChI=1S/C6H5BrIN3OS/c7-4-1-3(12-5(4)8)2-10-11-6(9)13/h1-2H,(H3,9,11,13)/b10-2-. The minimum Gasteiger partial charge on any atom is -0.448 e. The molecule has 0 saturated carbocycles. The van der Waals surface area contributed by atoms with Crippen LogP contribution in [0.1, 0.15) is 5.76 Å². The highest BCUT2D eigenvalue weighted by molar-refractivity contribution is 14.1. The third-order valence-corrected chi connectivity index (χ3v) is 3.25. The number of rotatable bonds is 2. The van der Waals surface area contributed by atoms with Gasteiger partial charge < -0.3 is 10.2 Å². The third-order valence-electron chi connectivity index (χ3n) is 1.03. The number of hydrazone groups is 1. The van der Waals surface area contributed by atoms with Crippen LogP contribution in [0.3, 0.4) is 0 Å². The Morgan fingerprint density at radius 2 is 2.54 bits per heavy atom. The Bertz CT molecular complexity index is 332. The number of furan rings is 1. The zero-order chi connectivity index (χ0) is 9.84. The van der Waals surface area contributed by atoms with Gasteiger partial charge in [-0.1, -0.05) is 0 Å². The number of hydrogen-bond acceptors (Lipinski definition) is 3. The van der Waals surface area contributed by atoms with E-state index in [2.05, 4.69) is 61.3 Å². The summed E-state index contributed by atoms with van der Waals surface area (Å²) >= 11 is 9.92. The first-order valence-corrected chi connectivity index (χ1v) is 5.41. The van der Waals surface area contributed by atoms with E-state index in [1.807, 2.05) is 0 Å². The smallest absolute Gasteiger partial charge is 0.184 e. The van der Waals surface area contributed by atoms with Crippen molar-refractivity contribution in [2.24, 2.45) is 10.8 Å². The van der Waals surface area contributed by atoms with Gasteiger partial charge in [0.2, 0.25) is 0 Å². The minimum atomic E-state index is 0.122. The van der Waals surface area contributed by atoms with Gasteiger partial charge in [-0.15, -0.1) is 0 Å². The average Bonchev–Trinajstić information content (AvgIpc) is 2.30. The van der Waals surface area contributed by atoms with Gasteiger partial charge in [0.15, 0.2) is 8.88 Å². The molecule has 0 bridgehead atoms. The van der Waals surface area contributed by atoms with E-state index in [0.717, 1.165) is 8.24 Å². The molecule has 0 fully saturated rings. The molecule has 7 heteroatoms. The maximum Gasteiger partial charge on any atom is 0.184 e. The molecule has 0 atom stereocenters. The van der Waals surface area contributed by atoms with Crippen molar-refractivity contribution in [3.8, 4) is 0 Å². The van der Waals surface area contributed by atoms with E-state index < -0.39 is 0 Å². The second kappa shape index (κ2) is 4.91. The van der Waals surface area contributed by atoms with Crippen LogP contribution in [-0.2, 0) is 0 Å². The van der Waals surface area contributed by atoms with Gasteiger partial charge >= 0.3 is 0 Å². The lowest BCUT2D eigenvalue weighted by atomic mass is 10.5. The van der Waals surface area contributed by atoms with Crippen molar-refractivity contribution in [2.45, 2.75) is 0 Å². The molecule has 1 aromatic heterocycles. The van der Waals surface area contributed by atoms with E-state index in [1.54, 1.807) is 6.07 Å². The minimum absolute atomic E-state index is 0.122. The Balaban J connectivity index is 2.64. The number of thiocarbonyl (C=S) groups is 1. The van der Waals surface area contributed by atoms with Gasteiger partial charge in [0.25, 0.3) is 0 Å². The van der Waals surface area contributed by atoms with Crippen LogP contribution in [0.15, 0.2) is 20.1 Å². The van der Waals surface area contributed by atoms with E-state index in [-0.39, 0.29) is 5.11 Å². The predicted molar refractivity (Wildman–Crippen MR) is 66.6 cm³/mol. The SMILES string of the molecule is NC(=S)N/N=C\c1cc(Br)c(I)o1. The molecule has 1 aromatic rings. The molecule has 0 aliphatic heterocycles. The van der Waals surface area contributed by atoms with E-state index >= 15 is 0 Å². The first-order chi connectivity index (χ1) is 6.09. The highest BCUT2D eigenvalue weighted by atomic mass is 127. The van der Waals surface area contributed by atoms with Crippen molar-refractivity contribution in [1.82, 2.24) is 5.43 Å². The predicted octanol–water partition coefficient (Wildman–Crippen LogP) is 1.81. The molecule has 0 aliphatic rings. The summed E-state index contributed by atoms with van der Waals surface area (Å²) < 4.78 is 6.93. The van der Waals surface area contributed by atoms with Crippen LogP contribution < -0.4 is 11.2 Å². The van der Waals surface area contributed by atoms with E-state index in [0.29, 0.717) is 5.76 Å². The number of nitrogens with one attached hydrogen (secondary N) is 1. The van der Waals surface area contributed by atoms with E-state index in [9.17, 15) is 0 Å². The number of hydrogen-bond donors (Lipinski definition) is 2. The molecule has 3 N–H and O–H groups in total. The largest absolute Gasteiger partial charge is 0.448 e. The molecule has 1 rings (SSSR count). The van der Waals surface area contributed by atoms with Crippen LogP contribution in [-0.4, -0.2) is 11.3 Å². The van der Waals surface area contributed by atoms with Gasteiger partial charge in [0, 0.05) is 28.7 Å². The van der Waals surface area contributed by atoms with Gasteiger partial charge in [0.05, 0.1) is 10.7 Å². The van der Waals surface area contributed by atoms with Gasteiger partial charge in [-0.3, -0.25) is 5.43 Å². The second-order valence-corrected chi connectivity index (χ2v) is 4.28. The Hall–Kier alpha value is -0.150. The quantitative estimate of drug-likeness (QED) is 0.359. The fourth-order valence-electron chi connectivity index (χ4n) is 0.586. The molecule has 4 nitrogen and oxygen atoms in total. The van der Waals surface area contributed by atoms with Crippen LogP contribution in [0.25, 0.3) is 0 Å². The Labute approximate surface area is 102 Å². The molecule has 0 spiro atoms. The highest BCUT2D eigenvalue weighted by Crippen LogP contribution is 2.21. The summed E-state index contributed by atoms with van der Waals surface area (Å²) in [6.07, 6.45) is 1.49. The summed E-state index contributed by atoms with van der Waals surface area (Å²) in [6, 6.07) is 1.80. The zero-order valence-electron chi connectivity index (χ0n) is 6.25. The number of halogens is 2. The first kappa shape index (κ1) is 10.9. The monoisotopic (exact) mass is 373 g/mol. The molecule has 0 radical (unpaired) electrons. The zero-order valence-corrected chi connectivity index (χ0v) is 10.8. The van der Waals surface area contributed by atoms with Crippen molar-refractivity contribution in [1.29, 1.82) is 0 Å². The Morgan fingerprint density at radius 1 is 1.85 bits per heavy atom. The average molecular weight is 374 g/mol. The van der Waals surface area contributed by atoms with Crippen LogP contribution in [0.5, 0.6) is 0 Å². The van der Waals surface area contributed by atoms with Crippen LogP contribution in [0.2, 0.25) is 0 Å². The van der Waals surface area contributed by atoms with E-state index in [1.165, 1.54) is 6.21 Å². The lowest BCUT2D eigenvalue weighted by Crippen LogP contribution is -2.23. The van der Waals surface area contributed by atoms with Crippen molar-refractivity contribution >= 4 is 62.1 Å². The number of nitrogens with two attached hydrogens (primary N) is 1. The van der Waals surface area contributed by atoms with Crippen molar-refractivity contribution in [2.75, 3.05) is 0 Å². The fraction of sp³-hybridized carbons (Fsp3) is 0. The van der Waals surface area contributed by atoms with Crippen LogP contribution in [0.4, 0.5) is 0 Å². The molecule has 0 unspecified atom stereocenters. The molecule has 0 aromatic carbocycles. The van der Waals surface area contributed by atoms with Gasteiger partial charge in [-0.05, 0) is 28.1 Å². The summed E-state index contributed by atoms with van der Waals surface area (Å²) in [5.41, 5.74) is 7.58. The molecule has 13 heavy (non-hydrogen) atoms. The molecular formula is C6H5BrIN3OS. The lowest BCUT2D eigenvalue weighted by Gasteiger charge is -1.91. The topological polar surface area (TPSA) is 63.5 Å². The third kappa shape index (κ3) is 3.61. The van der Waals surface area contributed by atoms with Crippen molar-refractivity contribution in [3.63, 3.8) is 0 Å². The summed E-state index contributed by atoms with van der Waals surface area (Å²) in [5, 5.41) is 3.86. The molecule has 0 aliphatic carbocycles. The maximum atomic E-state index is 5.26. The van der Waals surface area contributed by atoms with Crippen LogP contribution in [0, 0.1) is 3.77 Å². The van der Waals surface area contributed by atoms with E-state index in [4.69, 9.17) is 10.2 Å².